The molecule has 3 rings (SSSR count). The fraction of sp³-hybridized carbons (Fsp3) is 0.318. The molecule has 31 heavy (non-hydrogen) atoms. The number of carbonyl (C=O) groups excluding carboxylic acids is 3. The molecule has 2 N–H and O–H groups in total. The van der Waals surface area contributed by atoms with E-state index in [0.717, 1.165) is 0 Å². The molecule has 1 saturated heterocycles. The first-order chi connectivity index (χ1) is 14.8. The second-order valence-electron chi connectivity index (χ2n) is 7.19. The zero-order chi connectivity index (χ0) is 22.4. The summed E-state index contributed by atoms with van der Waals surface area (Å²) in [6, 6.07) is 10.8. The van der Waals surface area contributed by atoms with Crippen molar-refractivity contribution in [3.63, 3.8) is 0 Å². The average molecular weight is 447 g/mol. The molecule has 1 aliphatic rings. The number of halogens is 2. The summed E-state index contributed by atoms with van der Waals surface area (Å²) >= 11 is 5.80. The predicted molar refractivity (Wildman–Crippen MR) is 117 cm³/mol. The van der Waals surface area contributed by atoms with Gasteiger partial charge in [-0.05, 0) is 49.4 Å². The highest BCUT2D eigenvalue weighted by atomic mass is 35.5. The topological polar surface area (TPSA) is 81.8 Å². The van der Waals surface area contributed by atoms with E-state index < -0.39 is 5.82 Å². The molecule has 0 saturated carbocycles. The van der Waals surface area contributed by atoms with E-state index in [1.807, 2.05) is 4.90 Å². The molecular weight excluding hydrogens is 423 g/mol. The second kappa shape index (κ2) is 10.3. The van der Waals surface area contributed by atoms with Crippen LogP contribution in [-0.4, -0.2) is 61.9 Å². The van der Waals surface area contributed by atoms with Crippen molar-refractivity contribution in [2.24, 2.45) is 0 Å². The fourth-order valence-corrected chi connectivity index (χ4v) is 3.42. The molecule has 2 aromatic carbocycles. The largest absolute Gasteiger partial charge is 0.366 e. The second-order valence-corrected chi connectivity index (χ2v) is 7.63. The van der Waals surface area contributed by atoms with Crippen molar-refractivity contribution in [1.82, 2.24) is 15.5 Å². The Morgan fingerprint density at radius 3 is 2.16 bits per heavy atom. The summed E-state index contributed by atoms with van der Waals surface area (Å²) in [6.45, 7) is 3.83. The van der Waals surface area contributed by atoms with Gasteiger partial charge in [-0.15, -0.1) is 0 Å². The van der Waals surface area contributed by atoms with Gasteiger partial charge in [0.1, 0.15) is 5.82 Å². The molecule has 0 aromatic heterocycles. The number of hydrogen-bond acceptors (Lipinski definition) is 4. The zero-order valence-electron chi connectivity index (χ0n) is 17.2. The Morgan fingerprint density at radius 1 is 0.935 bits per heavy atom. The molecule has 0 spiro atoms. The van der Waals surface area contributed by atoms with Crippen LogP contribution in [0.3, 0.4) is 0 Å². The van der Waals surface area contributed by atoms with Gasteiger partial charge in [0.25, 0.3) is 5.91 Å². The van der Waals surface area contributed by atoms with Gasteiger partial charge in [0.2, 0.25) is 0 Å². The highest BCUT2D eigenvalue weighted by Crippen LogP contribution is 2.22. The van der Waals surface area contributed by atoms with Crippen LogP contribution in [0, 0.1) is 5.82 Å². The van der Waals surface area contributed by atoms with E-state index >= 15 is 0 Å². The Kier molecular flexibility index (Phi) is 7.46. The van der Waals surface area contributed by atoms with Crippen LogP contribution in [0.1, 0.15) is 27.6 Å². The van der Waals surface area contributed by atoms with E-state index in [-0.39, 0.29) is 17.7 Å². The van der Waals surface area contributed by atoms with Crippen LogP contribution in [0.2, 0.25) is 5.02 Å². The number of rotatable bonds is 6. The van der Waals surface area contributed by atoms with E-state index in [9.17, 15) is 18.8 Å². The minimum Gasteiger partial charge on any atom is -0.366 e. The summed E-state index contributed by atoms with van der Waals surface area (Å²) in [5.41, 5.74) is 1.26. The minimum absolute atomic E-state index is 0.184. The molecule has 1 aliphatic heterocycles. The quantitative estimate of drug-likeness (QED) is 0.528. The average Bonchev–Trinajstić information content (AvgIpc) is 2.77. The summed E-state index contributed by atoms with van der Waals surface area (Å²) in [5, 5.41) is 6.07. The number of anilines is 1. The van der Waals surface area contributed by atoms with Gasteiger partial charge in [0, 0.05) is 55.4 Å². The first-order valence-corrected chi connectivity index (χ1v) is 10.3. The molecule has 3 amide bonds. The maximum absolute atomic E-state index is 14.3. The Balaban J connectivity index is 1.40. The normalized spacial score (nSPS) is 13.6. The molecule has 0 atom stereocenters. The number of Topliss-reactive ketones (excluding diaryl/α,β-unsaturated/α-hetero) is 1. The fourth-order valence-electron chi connectivity index (χ4n) is 3.29. The number of nitrogens with zero attached hydrogens (tertiary/aromatic N) is 2. The molecule has 0 unspecified atom stereocenters. The molecule has 0 bridgehead atoms. The van der Waals surface area contributed by atoms with Gasteiger partial charge in [-0.25, -0.2) is 9.18 Å². The molecule has 9 heteroatoms. The molecule has 1 heterocycles. The van der Waals surface area contributed by atoms with E-state index in [2.05, 4.69) is 10.6 Å². The lowest BCUT2D eigenvalue weighted by Gasteiger charge is -2.36. The summed E-state index contributed by atoms with van der Waals surface area (Å²) in [5.74, 6) is -0.865. The number of benzene rings is 2. The molecule has 0 radical (unpaired) electrons. The number of ketones is 1. The lowest BCUT2D eigenvalue weighted by Crippen LogP contribution is -2.52. The van der Waals surface area contributed by atoms with Gasteiger partial charge in [-0.1, -0.05) is 11.6 Å². The number of carbonyl (C=O) groups is 3. The Labute approximate surface area is 185 Å². The standard InChI is InChI=1S/C22H24ClFN4O3/c1-15(29)17-4-7-20(19(24)14-17)27-10-12-28(13-11-27)22(31)26-9-8-25-21(30)16-2-5-18(23)6-3-16/h2-7,14H,8-13H2,1H3,(H,25,30)(H,26,31). The smallest absolute Gasteiger partial charge is 0.317 e. The maximum Gasteiger partial charge on any atom is 0.317 e. The zero-order valence-corrected chi connectivity index (χ0v) is 17.9. The van der Waals surface area contributed by atoms with Crippen LogP contribution >= 0.6 is 11.6 Å². The summed E-state index contributed by atoms with van der Waals surface area (Å²) in [7, 11) is 0. The van der Waals surface area contributed by atoms with Crippen molar-refractivity contribution < 1.29 is 18.8 Å². The van der Waals surface area contributed by atoms with E-state index in [0.29, 0.717) is 61.1 Å². The van der Waals surface area contributed by atoms with Crippen molar-refractivity contribution in [2.75, 3.05) is 44.2 Å². The molecule has 0 aliphatic carbocycles. The third kappa shape index (κ3) is 5.95. The lowest BCUT2D eigenvalue weighted by molar-refractivity contribution is 0.0952. The number of piperazine rings is 1. The van der Waals surface area contributed by atoms with Crippen molar-refractivity contribution >= 4 is 35.0 Å². The van der Waals surface area contributed by atoms with Crippen LogP contribution in [0.5, 0.6) is 0 Å². The van der Waals surface area contributed by atoms with Crippen LogP contribution in [0.4, 0.5) is 14.9 Å². The monoisotopic (exact) mass is 446 g/mol. The van der Waals surface area contributed by atoms with Crippen LogP contribution < -0.4 is 15.5 Å². The van der Waals surface area contributed by atoms with Gasteiger partial charge in [0.15, 0.2) is 5.78 Å². The number of nitrogens with one attached hydrogen (secondary N) is 2. The Hall–Kier alpha value is -3.13. The van der Waals surface area contributed by atoms with Gasteiger partial charge in [-0.3, -0.25) is 9.59 Å². The maximum atomic E-state index is 14.3. The van der Waals surface area contributed by atoms with Crippen molar-refractivity contribution in [3.05, 3.63) is 64.4 Å². The summed E-state index contributed by atoms with van der Waals surface area (Å²) in [6.07, 6.45) is 0. The minimum atomic E-state index is -0.443. The van der Waals surface area contributed by atoms with Crippen molar-refractivity contribution in [3.8, 4) is 0 Å². The lowest BCUT2D eigenvalue weighted by atomic mass is 10.1. The molecule has 7 nitrogen and oxygen atoms in total. The van der Waals surface area contributed by atoms with E-state index in [1.54, 1.807) is 41.3 Å². The summed E-state index contributed by atoms with van der Waals surface area (Å²) in [4.78, 5) is 39.2. The van der Waals surface area contributed by atoms with Crippen LogP contribution in [0.15, 0.2) is 42.5 Å². The van der Waals surface area contributed by atoms with Crippen LogP contribution in [0.25, 0.3) is 0 Å². The third-order valence-electron chi connectivity index (χ3n) is 5.05. The number of amides is 3. The van der Waals surface area contributed by atoms with Crippen molar-refractivity contribution in [2.45, 2.75) is 6.92 Å². The Bertz CT molecular complexity index is 960. The summed E-state index contributed by atoms with van der Waals surface area (Å²) < 4.78 is 14.3. The highest BCUT2D eigenvalue weighted by molar-refractivity contribution is 6.30. The number of hydrogen-bond donors (Lipinski definition) is 2. The number of urea groups is 1. The third-order valence-corrected chi connectivity index (χ3v) is 5.31. The molecule has 1 fully saturated rings. The van der Waals surface area contributed by atoms with Gasteiger partial charge >= 0.3 is 6.03 Å². The molecular formula is C22H24ClFN4O3. The predicted octanol–water partition coefficient (Wildman–Crippen LogP) is 2.94. The highest BCUT2D eigenvalue weighted by Gasteiger charge is 2.23. The first kappa shape index (κ1) is 22.6. The van der Waals surface area contributed by atoms with E-state index in [1.165, 1.54) is 13.0 Å². The van der Waals surface area contributed by atoms with Gasteiger partial charge in [-0.2, -0.15) is 0 Å². The SMILES string of the molecule is CC(=O)c1ccc(N2CCN(C(=O)NCCNC(=O)c3ccc(Cl)cc3)CC2)c(F)c1. The van der Waals surface area contributed by atoms with Crippen LogP contribution in [-0.2, 0) is 0 Å². The first-order valence-electron chi connectivity index (χ1n) is 9.97. The van der Waals surface area contributed by atoms with E-state index in [4.69, 9.17) is 11.6 Å². The Morgan fingerprint density at radius 2 is 1.55 bits per heavy atom. The van der Waals surface area contributed by atoms with Gasteiger partial charge < -0.3 is 20.4 Å². The van der Waals surface area contributed by atoms with Crippen molar-refractivity contribution in [1.29, 1.82) is 0 Å². The molecule has 2 aromatic rings. The molecule has 164 valence electrons. The van der Waals surface area contributed by atoms with Gasteiger partial charge in [0.05, 0.1) is 5.69 Å².